The van der Waals surface area contributed by atoms with Gasteiger partial charge in [-0.05, 0) is 18.6 Å². The highest BCUT2D eigenvalue weighted by Crippen LogP contribution is 2.09. The highest BCUT2D eigenvalue weighted by Gasteiger charge is 1.95. The lowest BCUT2D eigenvalue weighted by molar-refractivity contribution is -0.118. The van der Waals surface area contributed by atoms with Crippen LogP contribution in [0.4, 0.5) is 5.69 Å². The van der Waals surface area contributed by atoms with Gasteiger partial charge in [0.2, 0.25) is 5.91 Å². The van der Waals surface area contributed by atoms with Crippen LogP contribution in [0.25, 0.3) is 0 Å². The molecule has 1 aromatic carbocycles. The van der Waals surface area contributed by atoms with Gasteiger partial charge in [0.15, 0.2) is 0 Å². The molecule has 1 aromatic rings. The van der Waals surface area contributed by atoms with E-state index in [1.807, 2.05) is 42.3 Å². The van der Waals surface area contributed by atoms with Gasteiger partial charge in [0.1, 0.15) is 0 Å². The number of anilines is 1. The standard InChI is InChI=1S/C9H13NO.C6H13NO/c1-10(7-8-11)9-5-3-2-4-6-9;1-2-3-4-5-6(7)8/h2-6,11H,7-8H2,1H3;2-5H2,1H3,(H2,7,8). The lowest BCUT2D eigenvalue weighted by Gasteiger charge is -2.17. The first-order chi connectivity index (χ1) is 9.11. The number of amides is 1. The van der Waals surface area contributed by atoms with Crippen molar-refractivity contribution < 1.29 is 9.90 Å². The summed E-state index contributed by atoms with van der Waals surface area (Å²) in [4.78, 5) is 12.1. The lowest BCUT2D eigenvalue weighted by Crippen LogP contribution is -2.20. The highest BCUT2D eigenvalue weighted by molar-refractivity contribution is 5.73. The number of benzene rings is 1. The van der Waals surface area contributed by atoms with Crippen LogP contribution in [0.3, 0.4) is 0 Å². The van der Waals surface area contributed by atoms with Gasteiger partial charge in [0, 0.05) is 25.7 Å². The number of aliphatic hydroxyl groups is 1. The fraction of sp³-hybridized carbons (Fsp3) is 0.533. The van der Waals surface area contributed by atoms with Crippen LogP contribution in [-0.2, 0) is 4.79 Å². The molecule has 0 unspecified atom stereocenters. The zero-order valence-electron chi connectivity index (χ0n) is 12.0. The maximum atomic E-state index is 10.1. The van der Waals surface area contributed by atoms with E-state index in [0.717, 1.165) is 24.9 Å². The molecule has 0 radical (unpaired) electrons. The molecule has 19 heavy (non-hydrogen) atoms. The molecule has 0 atom stereocenters. The van der Waals surface area contributed by atoms with Crippen LogP contribution in [0, 0.1) is 0 Å². The minimum Gasteiger partial charge on any atom is -0.395 e. The van der Waals surface area contributed by atoms with Gasteiger partial charge in [-0.15, -0.1) is 0 Å². The second-order valence-electron chi connectivity index (χ2n) is 4.40. The number of aliphatic hydroxyl groups excluding tert-OH is 1. The fourth-order valence-corrected chi connectivity index (χ4v) is 1.51. The van der Waals surface area contributed by atoms with Gasteiger partial charge in [0.25, 0.3) is 0 Å². The summed E-state index contributed by atoms with van der Waals surface area (Å²) >= 11 is 0. The molecule has 4 heteroatoms. The quantitative estimate of drug-likeness (QED) is 0.743. The normalized spacial score (nSPS) is 9.42. The van der Waals surface area contributed by atoms with Crippen LogP contribution >= 0.6 is 0 Å². The van der Waals surface area contributed by atoms with Crippen LogP contribution in [0.1, 0.15) is 32.6 Å². The molecule has 0 saturated heterocycles. The van der Waals surface area contributed by atoms with Crippen molar-refractivity contribution in [3.63, 3.8) is 0 Å². The molecule has 0 aliphatic heterocycles. The molecule has 1 amide bonds. The van der Waals surface area contributed by atoms with Crippen molar-refractivity contribution in [1.82, 2.24) is 0 Å². The highest BCUT2D eigenvalue weighted by atomic mass is 16.3. The average molecular weight is 266 g/mol. The molecule has 3 N–H and O–H groups in total. The fourth-order valence-electron chi connectivity index (χ4n) is 1.51. The second-order valence-corrected chi connectivity index (χ2v) is 4.40. The van der Waals surface area contributed by atoms with E-state index in [2.05, 4.69) is 6.92 Å². The van der Waals surface area contributed by atoms with Crippen molar-refractivity contribution in [2.45, 2.75) is 32.6 Å². The van der Waals surface area contributed by atoms with Crippen LogP contribution in [0.5, 0.6) is 0 Å². The number of nitrogens with two attached hydrogens (primary N) is 1. The number of hydrogen-bond donors (Lipinski definition) is 2. The Morgan fingerprint density at radius 2 is 1.89 bits per heavy atom. The third-order valence-electron chi connectivity index (χ3n) is 2.66. The monoisotopic (exact) mass is 266 g/mol. The molecule has 0 spiro atoms. The Morgan fingerprint density at radius 3 is 2.37 bits per heavy atom. The summed E-state index contributed by atoms with van der Waals surface area (Å²) in [5, 5.41) is 8.66. The summed E-state index contributed by atoms with van der Waals surface area (Å²) in [5.41, 5.74) is 6.03. The van der Waals surface area contributed by atoms with E-state index in [1.165, 1.54) is 0 Å². The number of likely N-dealkylation sites (N-methyl/N-ethyl adjacent to an activating group) is 1. The van der Waals surface area contributed by atoms with Gasteiger partial charge in [0.05, 0.1) is 6.61 Å². The van der Waals surface area contributed by atoms with Crippen molar-refractivity contribution in [3.05, 3.63) is 30.3 Å². The molecule has 0 saturated carbocycles. The van der Waals surface area contributed by atoms with E-state index >= 15 is 0 Å². The van der Waals surface area contributed by atoms with Crippen molar-refractivity contribution in [2.24, 2.45) is 5.73 Å². The van der Waals surface area contributed by atoms with Crippen molar-refractivity contribution in [3.8, 4) is 0 Å². The van der Waals surface area contributed by atoms with Gasteiger partial charge in [-0.25, -0.2) is 0 Å². The van der Waals surface area contributed by atoms with E-state index < -0.39 is 0 Å². The Morgan fingerprint density at radius 1 is 1.26 bits per heavy atom. The Kier molecular flexibility index (Phi) is 10.6. The summed E-state index contributed by atoms with van der Waals surface area (Å²) in [6, 6.07) is 10.0. The van der Waals surface area contributed by atoms with E-state index in [-0.39, 0.29) is 12.5 Å². The number of nitrogens with zero attached hydrogens (tertiary/aromatic N) is 1. The number of rotatable bonds is 7. The number of carbonyl (C=O) groups excluding carboxylic acids is 1. The van der Waals surface area contributed by atoms with E-state index in [9.17, 15) is 4.79 Å². The SMILES string of the molecule is CCCCCC(N)=O.CN(CCO)c1ccccc1. The largest absolute Gasteiger partial charge is 0.395 e. The lowest BCUT2D eigenvalue weighted by atomic mass is 10.2. The molecular formula is C15H26N2O2. The summed E-state index contributed by atoms with van der Waals surface area (Å²) in [5.74, 6) is -0.182. The Hall–Kier alpha value is -1.55. The first-order valence-corrected chi connectivity index (χ1v) is 6.77. The Balaban J connectivity index is 0.000000362. The minimum absolute atomic E-state index is 0.182. The Bertz CT molecular complexity index is 328. The summed E-state index contributed by atoms with van der Waals surface area (Å²) < 4.78 is 0. The zero-order chi connectivity index (χ0) is 14.5. The zero-order valence-corrected chi connectivity index (χ0v) is 12.0. The van der Waals surface area contributed by atoms with Crippen molar-refractivity contribution in [1.29, 1.82) is 0 Å². The van der Waals surface area contributed by atoms with Gasteiger partial charge in [-0.1, -0.05) is 38.0 Å². The van der Waals surface area contributed by atoms with Crippen LogP contribution in [0.15, 0.2) is 30.3 Å². The Labute approximate surface area is 116 Å². The number of carbonyl (C=O) groups is 1. The van der Waals surface area contributed by atoms with Gasteiger partial charge in [-0.3, -0.25) is 4.79 Å². The number of para-hydroxylation sites is 1. The van der Waals surface area contributed by atoms with E-state index in [4.69, 9.17) is 10.8 Å². The molecule has 0 heterocycles. The summed E-state index contributed by atoms with van der Waals surface area (Å²) in [6.07, 6.45) is 3.76. The maximum Gasteiger partial charge on any atom is 0.217 e. The maximum absolute atomic E-state index is 10.1. The second kappa shape index (κ2) is 11.5. The number of hydrogen-bond acceptors (Lipinski definition) is 3. The first kappa shape index (κ1) is 17.4. The molecule has 0 aliphatic carbocycles. The van der Waals surface area contributed by atoms with Crippen LogP contribution in [0.2, 0.25) is 0 Å². The van der Waals surface area contributed by atoms with Crippen LogP contribution < -0.4 is 10.6 Å². The van der Waals surface area contributed by atoms with E-state index in [0.29, 0.717) is 13.0 Å². The topological polar surface area (TPSA) is 66.6 Å². The van der Waals surface area contributed by atoms with Crippen molar-refractivity contribution in [2.75, 3.05) is 25.1 Å². The first-order valence-electron chi connectivity index (χ1n) is 6.77. The molecule has 1 rings (SSSR count). The molecule has 108 valence electrons. The molecule has 0 fully saturated rings. The predicted octanol–water partition coefficient (Wildman–Crippen LogP) is 2.17. The smallest absolute Gasteiger partial charge is 0.217 e. The molecule has 4 nitrogen and oxygen atoms in total. The number of unbranched alkanes of at least 4 members (excludes halogenated alkanes) is 2. The molecule has 0 aliphatic rings. The number of primary amides is 1. The summed E-state index contributed by atoms with van der Waals surface area (Å²) in [6.45, 7) is 2.98. The average Bonchev–Trinajstić information content (AvgIpc) is 2.41. The minimum atomic E-state index is -0.182. The van der Waals surface area contributed by atoms with Gasteiger partial charge < -0.3 is 15.7 Å². The molecular weight excluding hydrogens is 240 g/mol. The third-order valence-corrected chi connectivity index (χ3v) is 2.66. The molecule has 0 aromatic heterocycles. The van der Waals surface area contributed by atoms with Gasteiger partial charge >= 0.3 is 0 Å². The van der Waals surface area contributed by atoms with Gasteiger partial charge in [-0.2, -0.15) is 0 Å². The van der Waals surface area contributed by atoms with Crippen molar-refractivity contribution >= 4 is 11.6 Å². The summed E-state index contributed by atoms with van der Waals surface area (Å²) in [7, 11) is 1.96. The predicted molar refractivity (Wildman–Crippen MR) is 80.1 cm³/mol. The van der Waals surface area contributed by atoms with E-state index in [1.54, 1.807) is 0 Å². The molecule has 0 bridgehead atoms. The third kappa shape index (κ3) is 10.1. The van der Waals surface area contributed by atoms with Crippen LogP contribution in [-0.4, -0.2) is 31.2 Å².